The molecule has 2 aliphatic rings. The van der Waals surface area contributed by atoms with Crippen LogP contribution in [-0.2, 0) is 9.47 Å². The molecule has 2 saturated heterocycles. The quantitative estimate of drug-likeness (QED) is 0.783. The van der Waals surface area contributed by atoms with E-state index in [1.807, 2.05) is 0 Å². The second-order valence-electron chi connectivity index (χ2n) is 4.78. The molecule has 2 fully saturated rings. The van der Waals surface area contributed by atoms with Gasteiger partial charge in [-0.3, -0.25) is 4.90 Å². The van der Waals surface area contributed by atoms with Crippen molar-refractivity contribution in [3.8, 4) is 0 Å². The predicted molar refractivity (Wildman–Crippen MR) is 61.2 cm³/mol. The van der Waals surface area contributed by atoms with Crippen molar-refractivity contribution in [1.29, 1.82) is 0 Å². The lowest BCUT2D eigenvalue weighted by Gasteiger charge is -2.33. The highest BCUT2D eigenvalue weighted by atomic mass is 16.7. The van der Waals surface area contributed by atoms with E-state index in [1.54, 1.807) is 0 Å². The highest BCUT2D eigenvalue weighted by Crippen LogP contribution is 2.18. The number of rotatable bonds is 3. The van der Waals surface area contributed by atoms with Gasteiger partial charge in [0.15, 0.2) is 0 Å². The van der Waals surface area contributed by atoms with Gasteiger partial charge in [-0.25, -0.2) is 0 Å². The smallest absolute Gasteiger partial charge is 0.147 e. The molecule has 1 N–H and O–H groups in total. The van der Waals surface area contributed by atoms with E-state index in [1.165, 1.54) is 19.3 Å². The molecule has 0 saturated carbocycles. The van der Waals surface area contributed by atoms with Crippen LogP contribution in [0.1, 0.15) is 32.1 Å². The number of hydrogen-bond donors (Lipinski definition) is 1. The normalized spacial score (nSPS) is 33.6. The zero-order chi connectivity index (χ0) is 11.2. The van der Waals surface area contributed by atoms with Crippen molar-refractivity contribution in [3.63, 3.8) is 0 Å². The molecular weight excluding hydrogens is 206 g/mol. The summed E-state index contributed by atoms with van der Waals surface area (Å²) in [5.74, 6) is 0. The predicted octanol–water partition coefficient (Wildman–Crippen LogP) is 0.986. The standard InChI is InChI=1S/C12H23NO3/c14-9-11-4-2-1-3-6-13(11)8-12-5-7-15-10-16-12/h11-12,14H,1-10H2. The minimum atomic E-state index is 0.281. The molecule has 16 heavy (non-hydrogen) atoms. The molecular formula is C12H23NO3. The van der Waals surface area contributed by atoms with Crippen LogP contribution < -0.4 is 0 Å². The Hall–Kier alpha value is -0.160. The van der Waals surface area contributed by atoms with E-state index < -0.39 is 0 Å². The number of ether oxygens (including phenoxy) is 2. The minimum absolute atomic E-state index is 0.281. The van der Waals surface area contributed by atoms with Crippen LogP contribution >= 0.6 is 0 Å². The summed E-state index contributed by atoms with van der Waals surface area (Å²) in [6.07, 6.45) is 6.19. The maximum absolute atomic E-state index is 9.41. The molecule has 0 aromatic heterocycles. The van der Waals surface area contributed by atoms with Gasteiger partial charge in [0.25, 0.3) is 0 Å². The van der Waals surface area contributed by atoms with Gasteiger partial charge in [0.05, 0.1) is 19.3 Å². The van der Waals surface area contributed by atoms with Crippen LogP contribution in [0.25, 0.3) is 0 Å². The molecule has 2 unspecified atom stereocenters. The Morgan fingerprint density at radius 1 is 1.19 bits per heavy atom. The van der Waals surface area contributed by atoms with Crippen LogP contribution in [0.4, 0.5) is 0 Å². The van der Waals surface area contributed by atoms with Crippen LogP contribution in [0.2, 0.25) is 0 Å². The number of aliphatic hydroxyl groups is 1. The Bertz CT molecular complexity index is 195. The summed E-state index contributed by atoms with van der Waals surface area (Å²) in [6.45, 7) is 3.58. The van der Waals surface area contributed by atoms with E-state index in [-0.39, 0.29) is 6.61 Å². The van der Waals surface area contributed by atoms with Crippen molar-refractivity contribution in [2.45, 2.75) is 44.2 Å². The topological polar surface area (TPSA) is 41.9 Å². The number of hydrogen-bond acceptors (Lipinski definition) is 4. The zero-order valence-corrected chi connectivity index (χ0v) is 9.94. The van der Waals surface area contributed by atoms with Crippen molar-refractivity contribution in [2.24, 2.45) is 0 Å². The average Bonchev–Trinajstić information content (AvgIpc) is 2.55. The first kappa shape index (κ1) is 12.3. The summed E-state index contributed by atoms with van der Waals surface area (Å²) in [4.78, 5) is 2.41. The summed E-state index contributed by atoms with van der Waals surface area (Å²) >= 11 is 0. The van der Waals surface area contributed by atoms with E-state index in [0.717, 1.165) is 32.5 Å². The van der Waals surface area contributed by atoms with Gasteiger partial charge in [0, 0.05) is 12.6 Å². The Labute approximate surface area is 97.5 Å². The molecule has 0 aliphatic carbocycles. The van der Waals surface area contributed by atoms with Crippen LogP contribution in [0, 0.1) is 0 Å². The molecule has 2 atom stereocenters. The van der Waals surface area contributed by atoms with Crippen molar-refractivity contribution >= 4 is 0 Å². The van der Waals surface area contributed by atoms with Gasteiger partial charge < -0.3 is 14.6 Å². The third-order valence-corrected chi connectivity index (χ3v) is 3.62. The third-order valence-electron chi connectivity index (χ3n) is 3.62. The molecule has 2 rings (SSSR count). The van der Waals surface area contributed by atoms with E-state index in [4.69, 9.17) is 9.47 Å². The van der Waals surface area contributed by atoms with Crippen LogP contribution in [0.5, 0.6) is 0 Å². The van der Waals surface area contributed by atoms with Gasteiger partial charge in [0.2, 0.25) is 0 Å². The van der Waals surface area contributed by atoms with E-state index >= 15 is 0 Å². The second-order valence-corrected chi connectivity index (χ2v) is 4.78. The van der Waals surface area contributed by atoms with E-state index in [0.29, 0.717) is 18.9 Å². The van der Waals surface area contributed by atoms with Gasteiger partial charge in [-0.15, -0.1) is 0 Å². The molecule has 4 heteroatoms. The van der Waals surface area contributed by atoms with Crippen LogP contribution in [0.15, 0.2) is 0 Å². The fraction of sp³-hybridized carbons (Fsp3) is 1.00. The SMILES string of the molecule is OCC1CCCCCN1CC1CCOCO1. The lowest BCUT2D eigenvalue weighted by molar-refractivity contribution is -0.147. The Balaban J connectivity index is 1.83. The Morgan fingerprint density at radius 3 is 2.88 bits per heavy atom. The lowest BCUT2D eigenvalue weighted by atomic mass is 10.1. The molecule has 0 aromatic carbocycles. The first-order chi connectivity index (χ1) is 7.90. The van der Waals surface area contributed by atoms with Crippen LogP contribution in [0.3, 0.4) is 0 Å². The van der Waals surface area contributed by atoms with Gasteiger partial charge in [-0.1, -0.05) is 12.8 Å². The minimum Gasteiger partial charge on any atom is -0.395 e. The van der Waals surface area contributed by atoms with Crippen molar-refractivity contribution in [3.05, 3.63) is 0 Å². The highest BCUT2D eigenvalue weighted by molar-refractivity contribution is 4.77. The first-order valence-corrected chi connectivity index (χ1v) is 6.44. The van der Waals surface area contributed by atoms with Gasteiger partial charge >= 0.3 is 0 Å². The average molecular weight is 229 g/mol. The third kappa shape index (κ3) is 3.42. The molecule has 0 amide bonds. The van der Waals surface area contributed by atoms with Crippen molar-refractivity contribution < 1.29 is 14.6 Å². The summed E-state index contributed by atoms with van der Waals surface area (Å²) in [6, 6.07) is 0.342. The Morgan fingerprint density at radius 2 is 2.12 bits per heavy atom. The van der Waals surface area contributed by atoms with Crippen LogP contribution in [-0.4, -0.2) is 55.2 Å². The Kier molecular flexibility index (Phi) is 5.03. The number of likely N-dealkylation sites (tertiary alicyclic amines) is 1. The summed E-state index contributed by atoms with van der Waals surface area (Å²) in [5.41, 5.74) is 0. The fourth-order valence-corrected chi connectivity index (χ4v) is 2.59. The lowest BCUT2D eigenvalue weighted by Crippen LogP contribution is -2.44. The van der Waals surface area contributed by atoms with Gasteiger partial charge in [-0.05, 0) is 25.8 Å². The maximum atomic E-state index is 9.41. The molecule has 0 spiro atoms. The van der Waals surface area contributed by atoms with Gasteiger partial charge in [-0.2, -0.15) is 0 Å². The van der Waals surface area contributed by atoms with Crippen molar-refractivity contribution in [1.82, 2.24) is 4.90 Å². The first-order valence-electron chi connectivity index (χ1n) is 6.44. The molecule has 2 aliphatic heterocycles. The molecule has 0 radical (unpaired) electrons. The van der Waals surface area contributed by atoms with E-state index in [2.05, 4.69) is 4.90 Å². The fourth-order valence-electron chi connectivity index (χ4n) is 2.59. The zero-order valence-electron chi connectivity index (χ0n) is 9.94. The monoisotopic (exact) mass is 229 g/mol. The molecule has 2 heterocycles. The molecule has 0 aromatic rings. The number of aliphatic hydroxyl groups excluding tert-OH is 1. The molecule has 0 bridgehead atoms. The largest absolute Gasteiger partial charge is 0.395 e. The maximum Gasteiger partial charge on any atom is 0.147 e. The summed E-state index contributed by atoms with van der Waals surface area (Å²) in [5, 5.41) is 9.41. The molecule has 94 valence electrons. The van der Waals surface area contributed by atoms with Gasteiger partial charge in [0.1, 0.15) is 6.79 Å². The molecule has 4 nitrogen and oxygen atoms in total. The summed E-state index contributed by atoms with van der Waals surface area (Å²) in [7, 11) is 0. The van der Waals surface area contributed by atoms with E-state index in [9.17, 15) is 5.11 Å². The summed E-state index contributed by atoms with van der Waals surface area (Å²) < 4.78 is 10.7. The van der Waals surface area contributed by atoms with Crippen molar-refractivity contribution in [2.75, 3.05) is 33.1 Å². The second kappa shape index (κ2) is 6.55. The highest BCUT2D eigenvalue weighted by Gasteiger charge is 2.24. The number of nitrogens with zero attached hydrogens (tertiary/aromatic N) is 1.